The maximum Gasteiger partial charge on any atom is 0.215 e. The van der Waals surface area contributed by atoms with Crippen LogP contribution in [-0.2, 0) is 0 Å². The van der Waals surface area contributed by atoms with Crippen LogP contribution in [0.15, 0.2) is 17.0 Å². The minimum absolute atomic E-state index is 0.484. The monoisotopic (exact) mass is 217 g/mol. The maximum atomic E-state index is 5.80. The zero-order valence-corrected chi connectivity index (χ0v) is 9.28. The molecule has 2 nitrogen and oxygen atoms in total. The van der Waals surface area contributed by atoms with Gasteiger partial charge in [0.2, 0.25) is 5.88 Å². The summed E-state index contributed by atoms with van der Waals surface area (Å²) in [6.07, 6.45) is 2.97. The normalized spacial score (nSPS) is 10.1. The first-order valence-electron chi connectivity index (χ1n) is 4.10. The second-order valence-corrected chi connectivity index (χ2v) is 3.78. The highest BCUT2D eigenvalue weighted by Crippen LogP contribution is 2.23. The molecule has 0 aliphatic carbocycles. The molecule has 0 aromatic carbocycles. The molecule has 13 heavy (non-hydrogen) atoms. The smallest absolute Gasteiger partial charge is 0.215 e. The minimum Gasteiger partial charge on any atom is -0.478 e. The molecule has 0 unspecified atom stereocenters. The summed E-state index contributed by atoms with van der Waals surface area (Å²) >= 11 is 7.43. The lowest BCUT2D eigenvalue weighted by Gasteiger charge is -2.05. The van der Waals surface area contributed by atoms with E-state index in [9.17, 15) is 0 Å². The molecule has 0 spiro atoms. The average Bonchev–Trinajstić information content (AvgIpc) is 2.14. The van der Waals surface area contributed by atoms with Gasteiger partial charge in [-0.1, -0.05) is 18.5 Å². The number of rotatable bonds is 4. The summed E-state index contributed by atoms with van der Waals surface area (Å²) in [6, 6.07) is 3.72. The Morgan fingerprint density at radius 3 is 2.92 bits per heavy atom. The van der Waals surface area contributed by atoms with E-state index in [0.717, 1.165) is 11.3 Å². The Balaban J connectivity index is 2.76. The molecule has 72 valence electrons. The van der Waals surface area contributed by atoms with E-state index in [1.807, 2.05) is 18.4 Å². The Bertz CT molecular complexity index is 280. The lowest BCUT2D eigenvalue weighted by Crippen LogP contribution is -1.97. The fourth-order valence-electron chi connectivity index (χ4n) is 0.849. The molecule has 0 fully saturated rings. The lowest BCUT2D eigenvalue weighted by atomic mass is 10.5. The van der Waals surface area contributed by atoms with Gasteiger partial charge < -0.3 is 4.74 Å². The molecule has 1 aromatic heterocycles. The van der Waals surface area contributed by atoms with Crippen LogP contribution in [0.4, 0.5) is 0 Å². The molecular formula is C9H12ClNOS. The van der Waals surface area contributed by atoms with Gasteiger partial charge in [-0.25, -0.2) is 4.98 Å². The van der Waals surface area contributed by atoms with Crippen LogP contribution >= 0.6 is 23.4 Å². The zero-order valence-electron chi connectivity index (χ0n) is 7.71. The third kappa shape index (κ3) is 3.44. The summed E-state index contributed by atoms with van der Waals surface area (Å²) in [6.45, 7) is 2.74. The summed E-state index contributed by atoms with van der Waals surface area (Å²) in [5, 5.41) is 0.484. The lowest BCUT2D eigenvalue weighted by molar-refractivity contribution is 0.304. The van der Waals surface area contributed by atoms with Crippen LogP contribution in [0.25, 0.3) is 0 Å². The van der Waals surface area contributed by atoms with Gasteiger partial charge in [0.1, 0.15) is 5.15 Å². The molecule has 0 saturated carbocycles. The van der Waals surface area contributed by atoms with Crippen molar-refractivity contribution in [3.63, 3.8) is 0 Å². The molecule has 0 radical (unpaired) electrons. The van der Waals surface area contributed by atoms with Crippen LogP contribution in [-0.4, -0.2) is 17.8 Å². The van der Waals surface area contributed by atoms with Crippen molar-refractivity contribution in [3.05, 3.63) is 17.3 Å². The predicted octanol–water partition coefficient (Wildman–Crippen LogP) is 3.25. The Kier molecular flexibility index (Phi) is 4.39. The highest BCUT2D eigenvalue weighted by Gasteiger charge is 2.00. The van der Waals surface area contributed by atoms with Crippen molar-refractivity contribution in [3.8, 4) is 5.88 Å². The van der Waals surface area contributed by atoms with Gasteiger partial charge in [0.05, 0.1) is 6.61 Å². The van der Waals surface area contributed by atoms with Crippen molar-refractivity contribution in [2.24, 2.45) is 0 Å². The standard InChI is InChI=1S/C9H12ClNOS/c1-3-4-12-9-6-7(13-2)5-8(10)11-9/h5-6H,3-4H2,1-2H3. The molecule has 0 aliphatic rings. The Hall–Kier alpha value is -0.410. The zero-order chi connectivity index (χ0) is 9.68. The first-order valence-corrected chi connectivity index (χ1v) is 5.71. The summed E-state index contributed by atoms with van der Waals surface area (Å²) in [7, 11) is 0. The first kappa shape index (κ1) is 10.7. The number of thioether (sulfide) groups is 1. The summed E-state index contributed by atoms with van der Waals surface area (Å²) < 4.78 is 5.37. The van der Waals surface area contributed by atoms with Crippen LogP contribution in [0.5, 0.6) is 5.88 Å². The molecule has 0 bridgehead atoms. The summed E-state index contributed by atoms with van der Waals surface area (Å²) in [4.78, 5) is 5.12. The number of hydrogen-bond acceptors (Lipinski definition) is 3. The summed E-state index contributed by atoms with van der Waals surface area (Å²) in [5.41, 5.74) is 0. The molecule has 1 heterocycles. The van der Waals surface area contributed by atoms with Gasteiger partial charge in [-0.2, -0.15) is 0 Å². The van der Waals surface area contributed by atoms with Gasteiger partial charge in [-0.05, 0) is 18.7 Å². The second-order valence-electron chi connectivity index (χ2n) is 2.52. The predicted molar refractivity (Wildman–Crippen MR) is 56.8 cm³/mol. The van der Waals surface area contributed by atoms with E-state index in [0.29, 0.717) is 17.6 Å². The molecular weight excluding hydrogens is 206 g/mol. The van der Waals surface area contributed by atoms with Crippen molar-refractivity contribution in [2.75, 3.05) is 12.9 Å². The van der Waals surface area contributed by atoms with Crippen molar-refractivity contribution >= 4 is 23.4 Å². The molecule has 0 N–H and O–H groups in total. The number of ether oxygens (including phenoxy) is 1. The minimum atomic E-state index is 0.484. The fraction of sp³-hybridized carbons (Fsp3) is 0.444. The van der Waals surface area contributed by atoms with Gasteiger partial charge in [0, 0.05) is 11.0 Å². The van der Waals surface area contributed by atoms with Crippen LogP contribution < -0.4 is 4.74 Å². The molecule has 0 saturated heterocycles. The fourth-order valence-corrected chi connectivity index (χ4v) is 1.56. The molecule has 1 rings (SSSR count). The Labute approximate surface area is 87.7 Å². The van der Waals surface area contributed by atoms with E-state index in [2.05, 4.69) is 11.9 Å². The quantitative estimate of drug-likeness (QED) is 0.571. The molecule has 4 heteroatoms. The number of halogens is 1. The third-order valence-corrected chi connectivity index (χ3v) is 2.33. The van der Waals surface area contributed by atoms with Crippen molar-refractivity contribution in [1.82, 2.24) is 4.98 Å². The summed E-state index contributed by atoms with van der Waals surface area (Å²) in [5.74, 6) is 0.610. The van der Waals surface area contributed by atoms with E-state index >= 15 is 0 Å². The van der Waals surface area contributed by atoms with E-state index in [1.165, 1.54) is 0 Å². The highest BCUT2D eigenvalue weighted by atomic mass is 35.5. The van der Waals surface area contributed by atoms with E-state index in [-0.39, 0.29) is 0 Å². The number of pyridine rings is 1. The topological polar surface area (TPSA) is 22.1 Å². The maximum absolute atomic E-state index is 5.80. The van der Waals surface area contributed by atoms with E-state index < -0.39 is 0 Å². The Morgan fingerprint density at radius 2 is 2.31 bits per heavy atom. The molecule has 0 atom stereocenters. The molecule has 1 aromatic rings. The second kappa shape index (κ2) is 5.35. The largest absolute Gasteiger partial charge is 0.478 e. The average molecular weight is 218 g/mol. The van der Waals surface area contributed by atoms with Gasteiger partial charge in [0.25, 0.3) is 0 Å². The van der Waals surface area contributed by atoms with E-state index in [1.54, 1.807) is 11.8 Å². The Morgan fingerprint density at radius 1 is 1.54 bits per heavy atom. The highest BCUT2D eigenvalue weighted by molar-refractivity contribution is 7.98. The number of aromatic nitrogens is 1. The van der Waals surface area contributed by atoms with Gasteiger partial charge in [0.15, 0.2) is 0 Å². The van der Waals surface area contributed by atoms with E-state index in [4.69, 9.17) is 16.3 Å². The van der Waals surface area contributed by atoms with Crippen molar-refractivity contribution < 1.29 is 4.74 Å². The number of hydrogen-bond donors (Lipinski definition) is 0. The van der Waals surface area contributed by atoms with Crippen LogP contribution in [0.1, 0.15) is 13.3 Å². The van der Waals surface area contributed by atoms with Crippen LogP contribution in [0.2, 0.25) is 5.15 Å². The molecule has 0 amide bonds. The molecule has 0 aliphatic heterocycles. The van der Waals surface area contributed by atoms with Gasteiger partial charge >= 0.3 is 0 Å². The van der Waals surface area contributed by atoms with Crippen LogP contribution in [0, 0.1) is 0 Å². The van der Waals surface area contributed by atoms with Gasteiger partial charge in [-0.15, -0.1) is 11.8 Å². The third-order valence-electron chi connectivity index (χ3n) is 1.43. The van der Waals surface area contributed by atoms with Crippen molar-refractivity contribution in [1.29, 1.82) is 0 Å². The first-order chi connectivity index (χ1) is 6.26. The number of nitrogens with zero attached hydrogens (tertiary/aromatic N) is 1. The van der Waals surface area contributed by atoms with Crippen molar-refractivity contribution in [2.45, 2.75) is 18.2 Å². The SMILES string of the molecule is CCCOc1cc(SC)cc(Cl)n1. The van der Waals surface area contributed by atoms with Crippen LogP contribution in [0.3, 0.4) is 0 Å². The van der Waals surface area contributed by atoms with Gasteiger partial charge in [-0.3, -0.25) is 0 Å².